The van der Waals surface area contributed by atoms with E-state index in [4.69, 9.17) is 24.8 Å². The van der Waals surface area contributed by atoms with Crippen molar-refractivity contribution in [2.45, 2.75) is 167 Å². The fourth-order valence-corrected chi connectivity index (χ4v) is 5.99. The molecule has 4 N–H and O–H groups in total. The van der Waals surface area contributed by atoms with Crippen LogP contribution in [0.25, 0.3) is 0 Å². The number of carbonyl (C=O) groups excluding carboxylic acids is 2. The zero-order valence-corrected chi connectivity index (χ0v) is 34.0. The van der Waals surface area contributed by atoms with Crippen LogP contribution >= 0.6 is 7.82 Å². The van der Waals surface area contributed by atoms with E-state index in [1.54, 1.807) is 0 Å². The third-order valence-corrected chi connectivity index (χ3v) is 9.35. The smallest absolute Gasteiger partial charge is 0.472 e. The number of carbonyl (C=O) groups is 3. The average molecular weight is 782 g/mol. The molecule has 0 saturated heterocycles. The summed E-state index contributed by atoms with van der Waals surface area (Å²) < 4.78 is 32.6. The van der Waals surface area contributed by atoms with Crippen molar-refractivity contribution in [1.29, 1.82) is 0 Å². The van der Waals surface area contributed by atoms with E-state index in [9.17, 15) is 23.8 Å². The van der Waals surface area contributed by atoms with Crippen molar-refractivity contribution < 1.29 is 47.5 Å². The number of nitrogens with two attached hydrogens (primary N) is 1. The molecule has 3 atom stereocenters. The quantitative estimate of drug-likeness (QED) is 0.0236. The number of phosphoric ester groups is 1. The Kier molecular flexibility index (Phi) is 35.2. The van der Waals surface area contributed by atoms with Gasteiger partial charge < -0.3 is 25.2 Å². The highest BCUT2D eigenvalue weighted by Gasteiger charge is 2.28. The number of unbranched alkanes of at least 4 members (excludes halogenated alkanes) is 15. The summed E-state index contributed by atoms with van der Waals surface area (Å²) in [6.45, 7) is 4.15. The van der Waals surface area contributed by atoms with Crippen molar-refractivity contribution >= 4 is 25.7 Å². The van der Waals surface area contributed by atoms with E-state index in [-0.39, 0.29) is 19.4 Å². The highest BCUT2D eigenvalue weighted by Crippen LogP contribution is 2.43. The molecule has 0 aliphatic carbocycles. The maximum absolute atomic E-state index is 12.6. The number of carboxylic acids is 1. The number of carboxylic acid groups (broad SMARTS) is 1. The first-order chi connectivity index (χ1) is 26.1. The van der Waals surface area contributed by atoms with Crippen LogP contribution in [0.3, 0.4) is 0 Å². The number of hydrogen-bond acceptors (Lipinski definition) is 9. The molecule has 0 heterocycles. The van der Waals surface area contributed by atoms with Crippen LogP contribution in [0.15, 0.2) is 61.3 Å². The zero-order valence-electron chi connectivity index (χ0n) is 33.1. The molecule has 1 unspecified atom stereocenters. The molecule has 0 fully saturated rings. The summed E-state index contributed by atoms with van der Waals surface area (Å²) in [4.78, 5) is 45.8. The lowest BCUT2D eigenvalue weighted by Crippen LogP contribution is -2.34. The molecule has 0 bridgehead atoms. The van der Waals surface area contributed by atoms with Crippen LogP contribution < -0.4 is 5.73 Å². The Balaban J connectivity index is 4.46. The Bertz CT molecular complexity index is 1140. The Morgan fingerprint density at radius 2 is 1.07 bits per heavy atom. The standard InChI is InChI=1S/C42H72NO10P/c1-3-5-7-9-11-13-15-17-19-21-23-25-27-29-31-33-40(44)50-35-38(36-51-54(48,49)52-37-39(43)42(46)47)53-41(45)34-32-30-28-26-24-22-20-18-16-14-12-10-8-6-4-2/h4-5,7,11,13,17,19,23,25,38-39H,2-3,6,8-10,12,14-16,18,20-22,24,26-37,43H2,1H3,(H,46,47)(H,48,49)/b7-5+,13-11+,19-17+,25-23+/t38-,39+/m1/s1. The first-order valence-corrected chi connectivity index (χ1v) is 21.8. The average Bonchev–Trinajstić information content (AvgIpc) is 3.14. The highest BCUT2D eigenvalue weighted by atomic mass is 31.2. The van der Waals surface area contributed by atoms with Gasteiger partial charge in [-0.05, 0) is 64.2 Å². The minimum atomic E-state index is -4.72. The molecule has 0 spiro atoms. The number of phosphoric acid groups is 1. The molecule has 0 aliphatic rings. The molecule has 12 heteroatoms. The van der Waals surface area contributed by atoms with Gasteiger partial charge in [-0.25, -0.2) is 4.57 Å². The van der Waals surface area contributed by atoms with Crippen molar-refractivity contribution in [2.24, 2.45) is 5.73 Å². The molecule has 0 amide bonds. The summed E-state index contributed by atoms with van der Waals surface area (Å²) in [5.41, 5.74) is 5.32. The van der Waals surface area contributed by atoms with Crippen molar-refractivity contribution in [1.82, 2.24) is 0 Å². The summed E-state index contributed by atoms with van der Waals surface area (Å²) in [5, 5.41) is 8.87. The van der Waals surface area contributed by atoms with Crippen LogP contribution in [0, 0.1) is 0 Å². The van der Waals surface area contributed by atoms with Crippen LogP contribution in [-0.2, 0) is 37.5 Å². The van der Waals surface area contributed by atoms with Gasteiger partial charge in [-0.15, -0.1) is 6.58 Å². The predicted molar refractivity (Wildman–Crippen MR) is 217 cm³/mol. The molecule has 0 aromatic heterocycles. The van der Waals surface area contributed by atoms with Gasteiger partial charge in [0.25, 0.3) is 0 Å². The van der Waals surface area contributed by atoms with Gasteiger partial charge in [-0.1, -0.05) is 132 Å². The maximum Gasteiger partial charge on any atom is 0.472 e. The number of esters is 2. The Hall–Kier alpha value is -2.82. The van der Waals surface area contributed by atoms with Crippen LogP contribution in [0.5, 0.6) is 0 Å². The monoisotopic (exact) mass is 781 g/mol. The second kappa shape index (κ2) is 37.1. The van der Waals surface area contributed by atoms with Crippen LogP contribution in [0.2, 0.25) is 0 Å². The van der Waals surface area contributed by atoms with E-state index in [2.05, 4.69) is 66.6 Å². The van der Waals surface area contributed by atoms with Gasteiger partial charge in [0.15, 0.2) is 6.10 Å². The van der Waals surface area contributed by atoms with Crippen molar-refractivity contribution in [2.75, 3.05) is 19.8 Å². The van der Waals surface area contributed by atoms with Crippen LogP contribution in [0.1, 0.15) is 155 Å². The normalized spacial score (nSPS) is 14.2. The molecular weight excluding hydrogens is 709 g/mol. The SMILES string of the molecule is C=CCCCCCCCCCCCCCCCC(=O)O[C@H](COC(=O)CCCC/C=C/C/C=C/C/C=C/C/C=C/CC)COP(=O)(O)OC[C@H](N)C(=O)O. The molecular formula is C42H72NO10P. The third kappa shape index (κ3) is 36.2. The summed E-state index contributed by atoms with van der Waals surface area (Å²) >= 11 is 0. The number of ether oxygens (including phenoxy) is 2. The third-order valence-electron chi connectivity index (χ3n) is 8.40. The van der Waals surface area contributed by atoms with E-state index in [1.807, 2.05) is 6.08 Å². The molecule has 0 rings (SSSR count). The number of hydrogen-bond donors (Lipinski definition) is 3. The van der Waals surface area contributed by atoms with Gasteiger partial charge >= 0.3 is 25.7 Å². The minimum absolute atomic E-state index is 0.148. The van der Waals surface area contributed by atoms with Crippen LogP contribution in [-0.4, -0.2) is 59.9 Å². The van der Waals surface area contributed by atoms with Gasteiger partial charge in [0.2, 0.25) is 0 Å². The van der Waals surface area contributed by atoms with E-state index in [0.717, 1.165) is 64.2 Å². The van der Waals surface area contributed by atoms with Crippen molar-refractivity contribution in [3.05, 3.63) is 61.3 Å². The number of allylic oxidation sites excluding steroid dienone is 9. The highest BCUT2D eigenvalue weighted by molar-refractivity contribution is 7.47. The van der Waals surface area contributed by atoms with Gasteiger partial charge in [-0.3, -0.25) is 23.4 Å². The summed E-state index contributed by atoms with van der Waals surface area (Å²) in [5.74, 6) is -2.44. The van der Waals surface area contributed by atoms with Gasteiger partial charge in [0.05, 0.1) is 13.2 Å². The first kappa shape index (κ1) is 51.2. The molecule has 0 aliphatic heterocycles. The fourth-order valence-electron chi connectivity index (χ4n) is 5.21. The second-order valence-electron chi connectivity index (χ2n) is 13.5. The Morgan fingerprint density at radius 3 is 1.61 bits per heavy atom. The molecule has 11 nitrogen and oxygen atoms in total. The first-order valence-electron chi connectivity index (χ1n) is 20.3. The van der Waals surface area contributed by atoms with E-state index < -0.39 is 51.1 Å². The fraction of sp³-hybridized carbons (Fsp3) is 0.690. The zero-order chi connectivity index (χ0) is 40.0. The van der Waals surface area contributed by atoms with Gasteiger partial charge in [-0.2, -0.15) is 0 Å². The number of rotatable bonds is 38. The van der Waals surface area contributed by atoms with Crippen molar-refractivity contribution in [3.63, 3.8) is 0 Å². The molecule has 0 radical (unpaired) electrons. The summed E-state index contributed by atoms with van der Waals surface area (Å²) in [6, 6.07) is -1.53. The molecule has 0 aromatic carbocycles. The van der Waals surface area contributed by atoms with Gasteiger partial charge in [0, 0.05) is 12.8 Å². The lowest BCUT2D eigenvalue weighted by Gasteiger charge is -2.20. The molecule has 0 aromatic rings. The number of aliphatic carboxylic acids is 1. The van der Waals surface area contributed by atoms with Crippen LogP contribution in [0.4, 0.5) is 0 Å². The minimum Gasteiger partial charge on any atom is -0.480 e. The van der Waals surface area contributed by atoms with E-state index >= 15 is 0 Å². The largest absolute Gasteiger partial charge is 0.480 e. The second-order valence-corrected chi connectivity index (χ2v) is 14.9. The predicted octanol–water partition coefficient (Wildman–Crippen LogP) is 10.4. The summed E-state index contributed by atoms with van der Waals surface area (Å²) in [7, 11) is -4.72. The van der Waals surface area contributed by atoms with E-state index in [1.165, 1.54) is 57.8 Å². The summed E-state index contributed by atoms with van der Waals surface area (Å²) in [6.07, 6.45) is 40.4. The lowest BCUT2D eigenvalue weighted by atomic mass is 10.0. The molecule has 310 valence electrons. The molecule has 54 heavy (non-hydrogen) atoms. The van der Waals surface area contributed by atoms with Gasteiger partial charge in [0.1, 0.15) is 12.6 Å². The maximum atomic E-state index is 12.6. The molecule has 0 saturated carbocycles. The Morgan fingerprint density at radius 1 is 0.630 bits per heavy atom. The Labute approximate surface area is 326 Å². The lowest BCUT2D eigenvalue weighted by molar-refractivity contribution is -0.161. The topological polar surface area (TPSA) is 172 Å². The van der Waals surface area contributed by atoms with E-state index in [0.29, 0.717) is 12.8 Å². The van der Waals surface area contributed by atoms with Crippen molar-refractivity contribution in [3.8, 4) is 0 Å².